The summed E-state index contributed by atoms with van der Waals surface area (Å²) >= 11 is 1.41. The van der Waals surface area contributed by atoms with Crippen LogP contribution in [0, 0.1) is 0 Å². The maximum atomic E-state index is 5.50. The number of aromatic nitrogens is 2. The molecular weight excluding hydrogens is 194 g/mol. The summed E-state index contributed by atoms with van der Waals surface area (Å²) in [6.07, 6.45) is 1.07. The minimum atomic E-state index is 0.398. The van der Waals surface area contributed by atoms with Crippen molar-refractivity contribution in [3.05, 3.63) is 40.4 Å². The highest BCUT2D eigenvalue weighted by molar-refractivity contribution is 7.05. The molecule has 1 aliphatic rings. The molecule has 0 spiro atoms. The van der Waals surface area contributed by atoms with Crippen LogP contribution in [0.25, 0.3) is 0 Å². The molecule has 1 heterocycles. The Balaban J connectivity index is 1.99. The van der Waals surface area contributed by atoms with E-state index in [1.807, 2.05) is 0 Å². The Hall–Kier alpha value is -1.42. The summed E-state index contributed by atoms with van der Waals surface area (Å²) in [7, 11) is 0. The van der Waals surface area contributed by atoms with Gasteiger partial charge in [0.05, 0.1) is 0 Å². The van der Waals surface area contributed by atoms with Crippen LogP contribution in [-0.4, -0.2) is 9.36 Å². The maximum absolute atomic E-state index is 5.50. The average molecular weight is 203 g/mol. The monoisotopic (exact) mass is 203 g/mol. The van der Waals surface area contributed by atoms with E-state index in [0.717, 1.165) is 11.4 Å². The average Bonchev–Trinajstić information content (AvgIpc) is 2.54. The molecule has 3 nitrogen and oxygen atoms in total. The molecule has 0 bridgehead atoms. The van der Waals surface area contributed by atoms with Crippen molar-refractivity contribution in [3.63, 3.8) is 0 Å². The predicted molar refractivity (Wildman–Crippen MR) is 56.3 cm³/mol. The van der Waals surface area contributed by atoms with Crippen molar-refractivity contribution in [3.8, 4) is 0 Å². The number of fused-ring (bicyclic) bond motifs is 1. The van der Waals surface area contributed by atoms with E-state index in [-0.39, 0.29) is 0 Å². The molecule has 4 heteroatoms. The summed E-state index contributed by atoms with van der Waals surface area (Å²) < 4.78 is 4.00. The molecule has 1 unspecified atom stereocenters. The van der Waals surface area contributed by atoms with E-state index in [4.69, 9.17) is 5.73 Å². The van der Waals surface area contributed by atoms with Gasteiger partial charge in [0, 0.05) is 5.92 Å². The van der Waals surface area contributed by atoms with Crippen LogP contribution in [0.3, 0.4) is 0 Å². The lowest BCUT2D eigenvalue weighted by molar-refractivity contribution is 0.703. The molecular formula is C10H9N3S. The zero-order valence-electron chi connectivity index (χ0n) is 7.47. The van der Waals surface area contributed by atoms with Crippen LogP contribution in [0.15, 0.2) is 24.3 Å². The number of anilines is 1. The zero-order valence-corrected chi connectivity index (χ0v) is 8.29. The SMILES string of the molecule is Nc1nsc(C2Cc3ccccc32)n1. The second-order valence-corrected chi connectivity index (χ2v) is 4.23. The van der Waals surface area contributed by atoms with E-state index in [1.165, 1.54) is 22.7 Å². The van der Waals surface area contributed by atoms with Crippen LogP contribution in [0.2, 0.25) is 0 Å². The van der Waals surface area contributed by atoms with Crippen molar-refractivity contribution in [1.82, 2.24) is 9.36 Å². The van der Waals surface area contributed by atoms with Gasteiger partial charge in [-0.15, -0.1) is 0 Å². The number of hydrogen-bond acceptors (Lipinski definition) is 4. The minimum absolute atomic E-state index is 0.398. The number of nitrogens with two attached hydrogens (primary N) is 1. The molecule has 70 valence electrons. The molecule has 0 amide bonds. The number of nitrogens with zero attached hydrogens (tertiary/aromatic N) is 2. The van der Waals surface area contributed by atoms with Gasteiger partial charge in [0.25, 0.3) is 0 Å². The topological polar surface area (TPSA) is 51.8 Å². The Morgan fingerprint density at radius 2 is 2.21 bits per heavy atom. The summed E-state index contributed by atoms with van der Waals surface area (Å²) in [4.78, 5) is 4.22. The Labute approximate surface area is 85.8 Å². The minimum Gasteiger partial charge on any atom is -0.367 e. The van der Waals surface area contributed by atoms with E-state index in [9.17, 15) is 0 Å². The quantitative estimate of drug-likeness (QED) is 0.769. The van der Waals surface area contributed by atoms with E-state index in [1.54, 1.807) is 0 Å². The molecule has 14 heavy (non-hydrogen) atoms. The van der Waals surface area contributed by atoms with Gasteiger partial charge in [-0.05, 0) is 29.1 Å². The second-order valence-electron chi connectivity index (χ2n) is 3.45. The van der Waals surface area contributed by atoms with Crippen molar-refractivity contribution in [2.24, 2.45) is 0 Å². The summed E-state index contributed by atoms with van der Waals surface area (Å²) in [5.74, 6) is 0.829. The lowest BCUT2D eigenvalue weighted by atomic mass is 9.78. The zero-order chi connectivity index (χ0) is 9.54. The van der Waals surface area contributed by atoms with E-state index >= 15 is 0 Å². The molecule has 1 aromatic carbocycles. The number of nitrogen functional groups attached to an aromatic ring is 1. The standard InChI is InChI=1S/C10H9N3S/c11-10-12-9(14-13-10)8-5-6-3-1-2-4-7(6)8/h1-4,8H,5H2,(H2,11,13). The van der Waals surface area contributed by atoms with Gasteiger partial charge in [-0.3, -0.25) is 0 Å². The highest BCUT2D eigenvalue weighted by atomic mass is 32.1. The lowest BCUT2D eigenvalue weighted by Gasteiger charge is -2.27. The van der Waals surface area contributed by atoms with E-state index < -0.39 is 0 Å². The molecule has 2 N–H and O–H groups in total. The molecule has 3 rings (SSSR count). The number of rotatable bonds is 1. The van der Waals surface area contributed by atoms with Gasteiger partial charge in [-0.2, -0.15) is 4.37 Å². The molecule has 1 aliphatic carbocycles. The van der Waals surface area contributed by atoms with Crippen LogP contribution in [0.1, 0.15) is 22.1 Å². The maximum Gasteiger partial charge on any atom is 0.232 e. The third-order valence-electron chi connectivity index (χ3n) is 2.61. The third-order valence-corrected chi connectivity index (χ3v) is 3.45. The third kappa shape index (κ3) is 1.04. The van der Waals surface area contributed by atoms with Crippen LogP contribution >= 0.6 is 11.5 Å². The fourth-order valence-electron chi connectivity index (χ4n) is 1.87. The first-order chi connectivity index (χ1) is 6.84. The van der Waals surface area contributed by atoms with Crippen LogP contribution in [0.4, 0.5) is 5.95 Å². The van der Waals surface area contributed by atoms with Crippen LogP contribution < -0.4 is 5.73 Å². The predicted octanol–water partition coefficient (Wildman–Crippen LogP) is 1.81. The van der Waals surface area contributed by atoms with E-state index in [2.05, 4.69) is 33.6 Å². The summed E-state index contributed by atoms with van der Waals surface area (Å²) in [6, 6.07) is 8.45. The molecule has 0 aliphatic heterocycles. The van der Waals surface area contributed by atoms with Crippen molar-refractivity contribution < 1.29 is 0 Å². The van der Waals surface area contributed by atoms with Gasteiger partial charge in [-0.25, -0.2) is 4.98 Å². The molecule has 1 atom stereocenters. The van der Waals surface area contributed by atoms with Crippen LogP contribution in [0.5, 0.6) is 0 Å². The highest BCUT2D eigenvalue weighted by Gasteiger charge is 2.29. The molecule has 2 aromatic rings. The summed E-state index contributed by atoms with van der Waals surface area (Å²) in [5.41, 5.74) is 8.30. The van der Waals surface area contributed by atoms with Crippen molar-refractivity contribution in [2.75, 3.05) is 5.73 Å². The fourth-order valence-corrected chi connectivity index (χ4v) is 2.57. The molecule has 1 aromatic heterocycles. The first kappa shape index (κ1) is 7.94. The highest BCUT2D eigenvalue weighted by Crippen LogP contribution is 2.40. The number of benzene rings is 1. The van der Waals surface area contributed by atoms with E-state index in [0.29, 0.717) is 11.9 Å². The molecule has 0 fully saturated rings. The molecule has 0 radical (unpaired) electrons. The van der Waals surface area contributed by atoms with Gasteiger partial charge in [-0.1, -0.05) is 24.3 Å². The van der Waals surface area contributed by atoms with Gasteiger partial charge in [0.1, 0.15) is 5.01 Å². The smallest absolute Gasteiger partial charge is 0.232 e. The van der Waals surface area contributed by atoms with Crippen molar-refractivity contribution >= 4 is 17.5 Å². The second kappa shape index (κ2) is 2.78. The summed E-state index contributed by atoms with van der Waals surface area (Å²) in [6.45, 7) is 0. The molecule has 0 saturated heterocycles. The first-order valence-electron chi connectivity index (χ1n) is 4.51. The summed E-state index contributed by atoms with van der Waals surface area (Å²) in [5, 5.41) is 1.04. The van der Waals surface area contributed by atoms with Gasteiger partial charge < -0.3 is 5.73 Å². The van der Waals surface area contributed by atoms with Crippen molar-refractivity contribution in [1.29, 1.82) is 0 Å². The number of hydrogen-bond donors (Lipinski definition) is 1. The Kier molecular flexibility index (Phi) is 1.58. The largest absolute Gasteiger partial charge is 0.367 e. The van der Waals surface area contributed by atoms with Gasteiger partial charge in [0.15, 0.2) is 0 Å². The van der Waals surface area contributed by atoms with Crippen LogP contribution in [-0.2, 0) is 6.42 Å². The van der Waals surface area contributed by atoms with Gasteiger partial charge in [0.2, 0.25) is 5.95 Å². The molecule has 0 saturated carbocycles. The normalized spacial score (nSPS) is 18.7. The van der Waals surface area contributed by atoms with Gasteiger partial charge >= 0.3 is 0 Å². The fraction of sp³-hybridized carbons (Fsp3) is 0.200. The van der Waals surface area contributed by atoms with Crippen molar-refractivity contribution in [2.45, 2.75) is 12.3 Å². The Bertz CT molecular complexity index is 478. The lowest BCUT2D eigenvalue weighted by Crippen LogP contribution is -2.17. The Morgan fingerprint density at radius 1 is 1.36 bits per heavy atom. The Morgan fingerprint density at radius 3 is 2.93 bits per heavy atom. The first-order valence-corrected chi connectivity index (χ1v) is 5.29.